The second kappa shape index (κ2) is 3.87. The Hall–Kier alpha value is -2.42. The first kappa shape index (κ1) is 9.78. The van der Waals surface area contributed by atoms with Crippen molar-refractivity contribution in [1.82, 2.24) is 9.55 Å². The number of carbonyl (C=O) groups is 1. The number of nitrogens with zero attached hydrogens (tertiary/aromatic N) is 2. The zero-order valence-electron chi connectivity index (χ0n) is 9.08. The number of hydrogen-bond acceptors (Lipinski definition) is 2. The first-order valence-corrected chi connectivity index (χ1v) is 5.37. The van der Waals surface area contributed by atoms with Gasteiger partial charge in [0.2, 0.25) is 0 Å². The molecular formula is C14H10N2O. The Balaban J connectivity index is 2.34. The van der Waals surface area contributed by atoms with Crippen LogP contribution in [0.3, 0.4) is 0 Å². The fraction of sp³-hybridized carbons (Fsp3) is 0. The van der Waals surface area contributed by atoms with Gasteiger partial charge < -0.3 is 4.57 Å². The lowest BCUT2D eigenvalue weighted by Crippen LogP contribution is -1.94. The molecule has 0 saturated carbocycles. The van der Waals surface area contributed by atoms with Gasteiger partial charge in [0, 0.05) is 23.3 Å². The smallest absolute Gasteiger partial charge is 0.152 e. The lowest BCUT2D eigenvalue weighted by molar-refractivity contribution is 0.112. The molecule has 0 bridgehead atoms. The summed E-state index contributed by atoms with van der Waals surface area (Å²) in [6, 6.07) is 13.5. The fourth-order valence-electron chi connectivity index (χ4n) is 1.99. The summed E-state index contributed by atoms with van der Waals surface area (Å²) in [4.78, 5) is 15.3. The van der Waals surface area contributed by atoms with E-state index in [0.717, 1.165) is 23.0 Å². The molecule has 2 aromatic heterocycles. The van der Waals surface area contributed by atoms with Gasteiger partial charge in [-0.25, -0.2) is 4.98 Å². The van der Waals surface area contributed by atoms with Crippen molar-refractivity contribution in [2.75, 3.05) is 0 Å². The summed E-state index contributed by atoms with van der Waals surface area (Å²) in [5.74, 6) is 0.816. The molecule has 0 N–H and O–H groups in total. The Morgan fingerprint density at radius 1 is 1.06 bits per heavy atom. The van der Waals surface area contributed by atoms with E-state index >= 15 is 0 Å². The Bertz CT molecular complexity index is 671. The molecule has 3 nitrogen and oxygen atoms in total. The van der Waals surface area contributed by atoms with Crippen molar-refractivity contribution in [3.05, 3.63) is 60.4 Å². The highest BCUT2D eigenvalue weighted by Crippen LogP contribution is 2.22. The van der Waals surface area contributed by atoms with Gasteiger partial charge in [-0.3, -0.25) is 4.79 Å². The highest BCUT2D eigenvalue weighted by Gasteiger charge is 2.08. The summed E-state index contributed by atoms with van der Waals surface area (Å²) in [6.07, 6.45) is 4.44. The molecule has 0 spiro atoms. The minimum absolute atomic E-state index is 0.686. The Kier molecular flexibility index (Phi) is 2.22. The zero-order valence-corrected chi connectivity index (χ0v) is 9.08. The third kappa shape index (κ3) is 1.52. The molecule has 0 atom stereocenters. The molecule has 82 valence electrons. The number of fused-ring (bicyclic) bond motifs is 1. The maximum atomic E-state index is 11.0. The van der Waals surface area contributed by atoms with Crippen LogP contribution in [-0.4, -0.2) is 15.8 Å². The summed E-state index contributed by atoms with van der Waals surface area (Å²) in [7, 11) is 0. The largest absolute Gasteiger partial charge is 0.300 e. The second-order valence-electron chi connectivity index (χ2n) is 3.78. The van der Waals surface area contributed by atoms with Crippen LogP contribution in [0.5, 0.6) is 0 Å². The molecule has 17 heavy (non-hydrogen) atoms. The maximum Gasteiger partial charge on any atom is 0.152 e. The van der Waals surface area contributed by atoms with Gasteiger partial charge in [0.25, 0.3) is 0 Å². The number of hydrogen-bond donors (Lipinski definition) is 0. The van der Waals surface area contributed by atoms with Crippen LogP contribution in [0, 0.1) is 0 Å². The van der Waals surface area contributed by atoms with Gasteiger partial charge in [0.15, 0.2) is 6.29 Å². The Morgan fingerprint density at radius 3 is 2.65 bits per heavy atom. The molecule has 3 rings (SSSR count). The van der Waals surface area contributed by atoms with Gasteiger partial charge in [-0.2, -0.15) is 0 Å². The molecule has 3 aromatic rings. The monoisotopic (exact) mass is 222 g/mol. The van der Waals surface area contributed by atoms with Crippen molar-refractivity contribution in [2.45, 2.75) is 0 Å². The highest BCUT2D eigenvalue weighted by atomic mass is 16.1. The van der Waals surface area contributed by atoms with Gasteiger partial charge in [-0.05, 0) is 18.2 Å². The van der Waals surface area contributed by atoms with Crippen LogP contribution >= 0.6 is 0 Å². The summed E-state index contributed by atoms with van der Waals surface area (Å²) in [5.41, 5.74) is 1.68. The van der Waals surface area contributed by atoms with Crippen LogP contribution in [0.2, 0.25) is 0 Å². The molecule has 0 saturated heterocycles. The molecule has 0 aliphatic heterocycles. The maximum absolute atomic E-state index is 11.0. The Labute approximate surface area is 98.3 Å². The van der Waals surface area contributed by atoms with Crippen molar-refractivity contribution < 1.29 is 4.79 Å². The molecule has 0 unspecified atom stereocenters. The molecule has 3 heteroatoms. The van der Waals surface area contributed by atoms with Crippen LogP contribution in [0.15, 0.2) is 54.9 Å². The third-order valence-corrected chi connectivity index (χ3v) is 2.77. The average molecular weight is 222 g/mol. The molecule has 0 radical (unpaired) electrons. The number of carbonyl (C=O) groups excluding carboxylic acids is 1. The minimum atomic E-state index is 0.686. The number of benzene rings is 1. The first-order chi connectivity index (χ1) is 8.40. The van der Waals surface area contributed by atoms with E-state index in [-0.39, 0.29) is 0 Å². The van der Waals surface area contributed by atoms with Gasteiger partial charge >= 0.3 is 0 Å². The van der Waals surface area contributed by atoms with E-state index in [1.807, 2.05) is 53.2 Å². The molecule has 0 aliphatic rings. The van der Waals surface area contributed by atoms with Crippen LogP contribution in [0.25, 0.3) is 16.7 Å². The number of para-hydroxylation sites is 1. The third-order valence-electron chi connectivity index (χ3n) is 2.77. The number of rotatable bonds is 2. The summed E-state index contributed by atoms with van der Waals surface area (Å²) >= 11 is 0. The lowest BCUT2D eigenvalue weighted by Gasteiger charge is -2.02. The van der Waals surface area contributed by atoms with Gasteiger partial charge in [-0.1, -0.05) is 24.3 Å². The number of pyridine rings is 1. The minimum Gasteiger partial charge on any atom is -0.300 e. The zero-order chi connectivity index (χ0) is 11.7. The first-order valence-electron chi connectivity index (χ1n) is 5.37. The molecule has 2 heterocycles. The molecule has 0 fully saturated rings. The van der Waals surface area contributed by atoms with Crippen LogP contribution < -0.4 is 0 Å². The summed E-state index contributed by atoms with van der Waals surface area (Å²) < 4.78 is 1.93. The van der Waals surface area contributed by atoms with E-state index in [1.165, 1.54) is 0 Å². The van der Waals surface area contributed by atoms with E-state index in [1.54, 1.807) is 6.20 Å². The molecule has 0 aliphatic carbocycles. The highest BCUT2D eigenvalue weighted by molar-refractivity contribution is 5.98. The normalized spacial score (nSPS) is 10.6. The SMILES string of the molecule is O=Cc1cn(-c2ccccn2)c2ccccc12. The van der Waals surface area contributed by atoms with Gasteiger partial charge in [-0.15, -0.1) is 0 Å². The topological polar surface area (TPSA) is 34.9 Å². The predicted octanol–water partition coefficient (Wildman–Crippen LogP) is 2.84. The van der Waals surface area contributed by atoms with Gasteiger partial charge in [0.1, 0.15) is 5.82 Å². The average Bonchev–Trinajstić information content (AvgIpc) is 2.78. The van der Waals surface area contributed by atoms with Crippen molar-refractivity contribution in [3.63, 3.8) is 0 Å². The fourth-order valence-corrected chi connectivity index (χ4v) is 1.99. The lowest BCUT2D eigenvalue weighted by atomic mass is 10.2. The second-order valence-corrected chi connectivity index (χ2v) is 3.78. The van der Waals surface area contributed by atoms with Crippen LogP contribution in [0.1, 0.15) is 10.4 Å². The van der Waals surface area contributed by atoms with Crippen molar-refractivity contribution in [3.8, 4) is 5.82 Å². The van der Waals surface area contributed by atoms with E-state index in [9.17, 15) is 4.79 Å². The summed E-state index contributed by atoms with van der Waals surface area (Å²) in [6.45, 7) is 0. The molecule has 1 aromatic carbocycles. The standard InChI is InChI=1S/C14H10N2O/c17-10-11-9-16(14-7-3-4-8-15-14)13-6-2-1-5-12(11)13/h1-10H. The van der Waals surface area contributed by atoms with E-state index in [4.69, 9.17) is 0 Å². The van der Waals surface area contributed by atoms with E-state index < -0.39 is 0 Å². The summed E-state index contributed by atoms with van der Waals surface area (Å²) in [5, 5.41) is 0.952. The Morgan fingerprint density at radius 2 is 1.88 bits per heavy atom. The van der Waals surface area contributed by atoms with Crippen molar-refractivity contribution in [1.29, 1.82) is 0 Å². The van der Waals surface area contributed by atoms with Crippen LogP contribution in [0.4, 0.5) is 0 Å². The van der Waals surface area contributed by atoms with Crippen molar-refractivity contribution in [2.24, 2.45) is 0 Å². The molecular weight excluding hydrogens is 212 g/mol. The van der Waals surface area contributed by atoms with E-state index in [2.05, 4.69) is 4.98 Å². The number of aldehydes is 1. The molecule has 0 amide bonds. The quantitative estimate of drug-likeness (QED) is 0.625. The van der Waals surface area contributed by atoms with E-state index in [0.29, 0.717) is 5.56 Å². The van der Waals surface area contributed by atoms with Crippen LogP contribution in [-0.2, 0) is 0 Å². The van der Waals surface area contributed by atoms with Gasteiger partial charge in [0.05, 0.1) is 5.52 Å². The number of aromatic nitrogens is 2. The van der Waals surface area contributed by atoms with Crippen molar-refractivity contribution >= 4 is 17.2 Å². The predicted molar refractivity (Wildman–Crippen MR) is 66.5 cm³/mol.